The molecule has 0 saturated carbocycles. The summed E-state index contributed by atoms with van der Waals surface area (Å²) in [5.41, 5.74) is 1.28. The van der Waals surface area contributed by atoms with Crippen LogP contribution in [-0.2, 0) is 0 Å². The van der Waals surface area contributed by atoms with E-state index in [2.05, 4.69) is 0 Å². The summed E-state index contributed by atoms with van der Waals surface area (Å²) in [5, 5.41) is 10.6. The summed E-state index contributed by atoms with van der Waals surface area (Å²) in [7, 11) is 0. The largest absolute Gasteiger partial charge is 0.507 e. The van der Waals surface area contributed by atoms with Crippen molar-refractivity contribution in [2.24, 2.45) is 0 Å². The Kier molecular flexibility index (Phi) is 8.08. The number of carbonyl (C=O) groups is 2. The van der Waals surface area contributed by atoms with Gasteiger partial charge in [0.2, 0.25) is 0 Å². The number of ether oxygens (including phenoxy) is 2. The lowest BCUT2D eigenvalue weighted by Gasteiger charge is -2.11. The summed E-state index contributed by atoms with van der Waals surface area (Å²) in [5.74, 6) is 0.980. The number of hydrogen-bond donors (Lipinski definition) is 1. The molecule has 148 valence electrons. The van der Waals surface area contributed by atoms with Crippen LogP contribution in [0.2, 0.25) is 5.02 Å². The molecule has 0 aliphatic carbocycles. The number of hydrogen-bond acceptors (Lipinski definition) is 5. The zero-order valence-electron chi connectivity index (χ0n) is 15.9. The zero-order chi connectivity index (χ0) is 20.5. The predicted molar refractivity (Wildman–Crippen MR) is 109 cm³/mol. The number of benzene rings is 2. The summed E-state index contributed by atoms with van der Waals surface area (Å²) in [6, 6.07) is 8.15. The molecule has 0 fully saturated rings. The fourth-order valence-electron chi connectivity index (χ4n) is 2.54. The van der Waals surface area contributed by atoms with Crippen molar-refractivity contribution in [1.82, 2.24) is 0 Å². The van der Waals surface area contributed by atoms with E-state index in [-0.39, 0.29) is 18.1 Å². The normalized spacial score (nSPS) is 10.8. The van der Waals surface area contributed by atoms with E-state index in [1.54, 1.807) is 49.4 Å². The standard InChI is InChI=1S/C22H23ClO5/c1-3-6-20(25)18-9-10-21(15(2)22(18)26)28-12-5-4-11-27-17-8-7-16(14-24)19(23)13-17/h4-5,7-10,13-14,26H,3,6,11-12H2,1-2H3/b5-4+. The highest BCUT2D eigenvalue weighted by molar-refractivity contribution is 6.33. The maximum atomic E-state index is 12.0. The molecule has 0 saturated heterocycles. The third-order valence-corrected chi connectivity index (χ3v) is 4.43. The minimum Gasteiger partial charge on any atom is -0.507 e. The number of carbonyl (C=O) groups excluding carboxylic acids is 2. The molecule has 0 aliphatic heterocycles. The summed E-state index contributed by atoms with van der Waals surface area (Å²) in [6.45, 7) is 4.24. The van der Waals surface area contributed by atoms with Crippen LogP contribution in [0.5, 0.6) is 17.2 Å². The third-order valence-electron chi connectivity index (χ3n) is 4.11. The highest BCUT2D eigenvalue weighted by Crippen LogP contribution is 2.31. The quantitative estimate of drug-likeness (QED) is 0.337. The lowest BCUT2D eigenvalue weighted by Crippen LogP contribution is -2.02. The molecular formula is C22H23ClO5. The van der Waals surface area contributed by atoms with Crippen molar-refractivity contribution in [1.29, 1.82) is 0 Å². The zero-order valence-corrected chi connectivity index (χ0v) is 16.7. The van der Waals surface area contributed by atoms with E-state index in [0.29, 0.717) is 52.5 Å². The summed E-state index contributed by atoms with van der Waals surface area (Å²) in [4.78, 5) is 22.7. The number of ketones is 1. The van der Waals surface area contributed by atoms with Gasteiger partial charge in [0.05, 0.1) is 10.6 Å². The minimum absolute atomic E-state index is 0.0288. The Morgan fingerprint density at radius 1 is 1.14 bits per heavy atom. The van der Waals surface area contributed by atoms with Gasteiger partial charge >= 0.3 is 0 Å². The number of aldehydes is 1. The molecule has 6 heteroatoms. The van der Waals surface area contributed by atoms with Gasteiger partial charge < -0.3 is 14.6 Å². The summed E-state index contributed by atoms with van der Waals surface area (Å²) < 4.78 is 11.2. The van der Waals surface area contributed by atoms with Crippen LogP contribution in [0.3, 0.4) is 0 Å². The molecule has 2 rings (SSSR count). The highest BCUT2D eigenvalue weighted by Gasteiger charge is 2.15. The van der Waals surface area contributed by atoms with Crippen molar-refractivity contribution in [2.75, 3.05) is 13.2 Å². The molecule has 0 spiro atoms. The van der Waals surface area contributed by atoms with Crippen molar-refractivity contribution in [3.8, 4) is 17.2 Å². The molecule has 0 amide bonds. The third kappa shape index (κ3) is 5.60. The molecule has 28 heavy (non-hydrogen) atoms. The van der Waals surface area contributed by atoms with Crippen LogP contribution in [-0.4, -0.2) is 30.4 Å². The second-order valence-electron chi connectivity index (χ2n) is 6.15. The van der Waals surface area contributed by atoms with Crippen LogP contribution in [0.4, 0.5) is 0 Å². The van der Waals surface area contributed by atoms with E-state index >= 15 is 0 Å². The van der Waals surface area contributed by atoms with E-state index in [0.717, 1.165) is 6.42 Å². The van der Waals surface area contributed by atoms with Crippen molar-refractivity contribution < 1.29 is 24.2 Å². The van der Waals surface area contributed by atoms with Crippen LogP contribution in [0.15, 0.2) is 42.5 Å². The lowest BCUT2D eigenvalue weighted by atomic mass is 10.0. The monoisotopic (exact) mass is 402 g/mol. The Morgan fingerprint density at radius 2 is 1.86 bits per heavy atom. The molecule has 0 aliphatic rings. The molecule has 0 atom stereocenters. The van der Waals surface area contributed by atoms with E-state index < -0.39 is 0 Å². The summed E-state index contributed by atoms with van der Waals surface area (Å²) >= 11 is 5.94. The fourth-order valence-corrected chi connectivity index (χ4v) is 2.75. The molecule has 2 aromatic rings. The maximum absolute atomic E-state index is 12.0. The van der Waals surface area contributed by atoms with E-state index in [9.17, 15) is 14.7 Å². The maximum Gasteiger partial charge on any atom is 0.166 e. The van der Waals surface area contributed by atoms with Crippen molar-refractivity contribution in [3.63, 3.8) is 0 Å². The fraction of sp³-hybridized carbons (Fsp3) is 0.273. The lowest BCUT2D eigenvalue weighted by molar-refractivity contribution is 0.0978. The van der Waals surface area contributed by atoms with Crippen LogP contribution in [0.1, 0.15) is 46.0 Å². The molecule has 0 aromatic heterocycles. The van der Waals surface area contributed by atoms with Crippen molar-refractivity contribution >= 4 is 23.7 Å². The van der Waals surface area contributed by atoms with Gasteiger partial charge in [-0.25, -0.2) is 0 Å². The van der Waals surface area contributed by atoms with Gasteiger partial charge in [-0.3, -0.25) is 9.59 Å². The van der Waals surface area contributed by atoms with Crippen molar-refractivity contribution in [2.45, 2.75) is 26.7 Å². The minimum atomic E-state index is -0.0760. The number of Topliss-reactive ketones (excluding diaryl/α,β-unsaturated/α-hetero) is 1. The van der Waals surface area contributed by atoms with Gasteiger partial charge in [0.15, 0.2) is 12.1 Å². The van der Waals surface area contributed by atoms with E-state index in [1.807, 2.05) is 6.92 Å². The molecule has 0 bridgehead atoms. The smallest absolute Gasteiger partial charge is 0.166 e. The highest BCUT2D eigenvalue weighted by atomic mass is 35.5. The van der Waals surface area contributed by atoms with Crippen LogP contribution in [0, 0.1) is 6.92 Å². The number of rotatable bonds is 10. The second kappa shape index (κ2) is 10.5. The Labute approximate surface area is 169 Å². The first-order valence-electron chi connectivity index (χ1n) is 8.99. The van der Waals surface area contributed by atoms with Crippen LogP contribution in [0.25, 0.3) is 0 Å². The summed E-state index contributed by atoms with van der Waals surface area (Å²) in [6.07, 6.45) is 5.40. The Balaban J connectivity index is 1.86. The average molecular weight is 403 g/mol. The van der Waals surface area contributed by atoms with Gasteiger partial charge in [0.25, 0.3) is 0 Å². The Morgan fingerprint density at radius 3 is 2.50 bits per heavy atom. The van der Waals surface area contributed by atoms with Crippen LogP contribution < -0.4 is 9.47 Å². The van der Waals surface area contributed by atoms with Crippen molar-refractivity contribution in [3.05, 3.63) is 64.2 Å². The van der Waals surface area contributed by atoms with Gasteiger partial charge in [0, 0.05) is 17.5 Å². The SMILES string of the molecule is CCCC(=O)c1ccc(OC/C=C/COc2ccc(C=O)c(Cl)c2)c(C)c1O. The molecule has 0 heterocycles. The molecule has 0 radical (unpaired) electrons. The first-order valence-corrected chi connectivity index (χ1v) is 9.36. The van der Waals surface area contributed by atoms with Gasteiger partial charge in [0.1, 0.15) is 30.5 Å². The van der Waals surface area contributed by atoms with E-state index in [4.69, 9.17) is 21.1 Å². The molecule has 2 aromatic carbocycles. The number of halogens is 1. The van der Waals surface area contributed by atoms with Gasteiger partial charge in [-0.2, -0.15) is 0 Å². The van der Waals surface area contributed by atoms with Gasteiger partial charge in [-0.1, -0.05) is 18.5 Å². The van der Waals surface area contributed by atoms with Crippen LogP contribution >= 0.6 is 11.6 Å². The molecule has 1 N–H and O–H groups in total. The first-order chi connectivity index (χ1) is 13.5. The number of phenolic OH excluding ortho intramolecular Hbond substituents is 1. The molecule has 5 nitrogen and oxygen atoms in total. The van der Waals surface area contributed by atoms with E-state index in [1.165, 1.54) is 0 Å². The first kappa shape index (κ1) is 21.5. The molecular weight excluding hydrogens is 380 g/mol. The average Bonchev–Trinajstić information content (AvgIpc) is 2.68. The topological polar surface area (TPSA) is 72.8 Å². The Bertz CT molecular complexity index is 873. The predicted octanol–water partition coefficient (Wildman–Crippen LogP) is 5.16. The molecule has 0 unspecified atom stereocenters. The van der Waals surface area contributed by atoms with Gasteiger partial charge in [-0.05, 0) is 55.8 Å². The number of aromatic hydroxyl groups is 1. The number of phenols is 1. The Hall–Kier alpha value is -2.79. The van der Waals surface area contributed by atoms with Gasteiger partial charge in [-0.15, -0.1) is 0 Å². The second-order valence-corrected chi connectivity index (χ2v) is 6.56.